The fraction of sp³-hybridized carbons (Fsp3) is 0.0714. The second-order valence-electron chi connectivity index (χ2n) is 4.23. The quantitative estimate of drug-likeness (QED) is 0.521. The molecule has 0 amide bonds. The number of ketones is 1. The number of nitrogens with two attached hydrogens (primary N) is 1. The van der Waals surface area contributed by atoms with E-state index >= 15 is 0 Å². The molecule has 110 valence electrons. The highest BCUT2D eigenvalue weighted by Gasteiger charge is 2.35. The SMILES string of the molecule is Nc1ccc(C(=O)c2cccc(C(F)(F)F)c2F)cc1F. The predicted octanol–water partition coefficient (Wildman–Crippen LogP) is 3.80. The van der Waals surface area contributed by atoms with Gasteiger partial charge in [-0.1, -0.05) is 6.07 Å². The minimum atomic E-state index is -4.92. The molecule has 0 unspecified atom stereocenters. The van der Waals surface area contributed by atoms with E-state index in [2.05, 4.69) is 0 Å². The van der Waals surface area contributed by atoms with Gasteiger partial charge in [-0.05, 0) is 30.3 Å². The predicted molar refractivity (Wildman–Crippen MR) is 65.6 cm³/mol. The maximum absolute atomic E-state index is 13.8. The van der Waals surface area contributed by atoms with Crippen LogP contribution in [0.4, 0.5) is 27.6 Å². The van der Waals surface area contributed by atoms with Crippen LogP contribution in [0, 0.1) is 11.6 Å². The van der Waals surface area contributed by atoms with Gasteiger partial charge in [0.15, 0.2) is 5.78 Å². The molecule has 2 rings (SSSR count). The Hall–Kier alpha value is -2.44. The zero-order chi connectivity index (χ0) is 15.8. The van der Waals surface area contributed by atoms with Gasteiger partial charge < -0.3 is 5.73 Å². The molecule has 7 heteroatoms. The Morgan fingerprint density at radius 2 is 1.71 bits per heavy atom. The Labute approximate surface area is 116 Å². The van der Waals surface area contributed by atoms with E-state index in [0.717, 1.165) is 30.3 Å². The summed E-state index contributed by atoms with van der Waals surface area (Å²) >= 11 is 0. The summed E-state index contributed by atoms with van der Waals surface area (Å²) in [6, 6.07) is 5.27. The van der Waals surface area contributed by atoms with Crippen LogP contribution in [0.1, 0.15) is 21.5 Å². The maximum Gasteiger partial charge on any atom is 0.419 e. The fourth-order valence-electron chi connectivity index (χ4n) is 1.75. The lowest BCUT2D eigenvalue weighted by atomic mass is 10.00. The molecule has 2 aromatic rings. The normalized spacial score (nSPS) is 11.5. The van der Waals surface area contributed by atoms with Gasteiger partial charge >= 0.3 is 6.18 Å². The van der Waals surface area contributed by atoms with Crippen molar-refractivity contribution in [1.29, 1.82) is 0 Å². The number of rotatable bonds is 2. The van der Waals surface area contributed by atoms with Gasteiger partial charge in [0.1, 0.15) is 11.6 Å². The molecule has 2 N–H and O–H groups in total. The van der Waals surface area contributed by atoms with Crippen molar-refractivity contribution in [2.75, 3.05) is 5.73 Å². The average molecular weight is 301 g/mol. The van der Waals surface area contributed by atoms with Crippen molar-refractivity contribution in [3.05, 3.63) is 64.7 Å². The topological polar surface area (TPSA) is 43.1 Å². The lowest BCUT2D eigenvalue weighted by Crippen LogP contribution is -2.13. The Kier molecular flexibility index (Phi) is 3.67. The van der Waals surface area contributed by atoms with Crippen molar-refractivity contribution in [3.8, 4) is 0 Å². The molecule has 0 bridgehead atoms. The average Bonchev–Trinajstić information content (AvgIpc) is 2.40. The van der Waals surface area contributed by atoms with E-state index < -0.39 is 34.7 Å². The highest BCUT2D eigenvalue weighted by atomic mass is 19.4. The van der Waals surface area contributed by atoms with E-state index in [4.69, 9.17) is 5.73 Å². The van der Waals surface area contributed by atoms with Crippen molar-refractivity contribution in [1.82, 2.24) is 0 Å². The van der Waals surface area contributed by atoms with E-state index in [1.165, 1.54) is 0 Å². The number of carbonyl (C=O) groups excluding carboxylic acids is 1. The first-order chi connectivity index (χ1) is 9.71. The third-order valence-corrected chi connectivity index (χ3v) is 2.81. The minimum absolute atomic E-state index is 0.226. The minimum Gasteiger partial charge on any atom is -0.396 e. The van der Waals surface area contributed by atoms with E-state index in [-0.39, 0.29) is 11.3 Å². The summed E-state index contributed by atoms with van der Waals surface area (Å²) in [7, 11) is 0. The van der Waals surface area contributed by atoms with Crippen molar-refractivity contribution >= 4 is 11.5 Å². The van der Waals surface area contributed by atoms with Crippen LogP contribution in [0.25, 0.3) is 0 Å². The van der Waals surface area contributed by atoms with E-state index in [9.17, 15) is 26.7 Å². The zero-order valence-electron chi connectivity index (χ0n) is 10.3. The summed E-state index contributed by atoms with van der Waals surface area (Å²) in [5, 5.41) is 0. The lowest BCUT2D eigenvalue weighted by Gasteiger charge is -2.10. The molecule has 0 aromatic heterocycles. The van der Waals surface area contributed by atoms with Crippen LogP contribution in [-0.4, -0.2) is 5.78 Å². The Bertz CT molecular complexity index is 709. The van der Waals surface area contributed by atoms with Crippen LogP contribution in [0.5, 0.6) is 0 Å². The molecule has 0 aliphatic heterocycles. The Balaban J connectivity index is 2.51. The number of halogens is 5. The third-order valence-electron chi connectivity index (χ3n) is 2.81. The largest absolute Gasteiger partial charge is 0.419 e. The highest BCUT2D eigenvalue weighted by Crippen LogP contribution is 2.33. The molecular formula is C14H8F5NO. The van der Waals surface area contributed by atoms with Crippen LogP contribution in [0.3, 0.4) is 0 Å². The summed E-state index contributed by atoms with van der Waals surface area (Å²) < 4.78 is 64.8. The van der Waals surface area contributed by atoms with Crippen LogP contribution in [0.15, 0.2) is 36.4 Å². The van der Waals surface area contributed by atoms with Crippen LogP contribution in [0.2, 0.25) is 0 Å². The second-order valence-corrected chi connectivity index (χ2v) is 4.23. The van der Waals surface area contributed by atoms with Crippen LogP contribution < -0.4 is 5.73 Å². The van der Waals surface area contributed by atoms with Crippen LogP contribution in [-0.2, 0) is 6.18 Å². The van der Waals surface area contributed by atoms with Gasteiger partial charge in [0.05, 0.1) is 16.8 Å². The molecule has 0 radical (unpaired) electrons. The Morgan fingerprint density at radius 1 is 1.05 bits per heavy atom. The molecule has 2 nitrogen and oxygen atoms in total. The van der Waals surface area contributed by atoms with E-state index in [1.807, 2.05) is 0 Å². The highest BCUT2D eigenvalue weighted by molar-refractivity contribution is 6.09. The second kappa shape index (κ2) is 5.16. The van der Waals surface area contributed by atoms with Gasteiger partial charge in [0, 0.05) is 5.56 Å². The molecule has 0 aliphatic carbocycles. The number of benzene rings is 2. The molecular weight excluding hydrogens is 293 g/mol. The first kappa shape index (κ1) is 15.0. The number of anilines is 1. The van der Waals surface area contributed by atoms with Crippen molar-refractivity contribution in [2.24, 2.45) is 0 Å². The van der Waals surface area contributed by atoms with Crippen molar-refractivity contribution in [2.45, 2.75) is 6.18 Å². The molecule has 0 aliphatic rings. The first-order valence-electron chi connectivity index (χ1n) is 5.67. The number of alkyl halides is 3. The summed E-state index contributed by atoms with van der Waals surface area (Å²) in [6.45, 7) is 0. The van der Waals surface area contributed by atoms with E-state index in [0.29, 0.717) is 6.07 Å². The van der Waals surface area contributed by atoms with Crippen molar-refractivity contribution in [3.63, 3.8) is 0 Å². The summed E-state index contributed by atoms with van der Waals surface area (Å²) in [6.07, 6.45) is -4.92. The number of carbonyl (C=O) groups is 1. The maximum atomic E-state index is 13.8. The summed E-state index contributed by atoms with van der Waals surface area (Å²) in [4.78, 5) is 12.0. The molecule has 0 spiro atoms. The first-order valence-corrected chi connectivity index (χ1v) is 5.67. The number of nitrogen functional groups attached to an aromatic ring is 1. The van der Waals surface area contributed by atoms with E-state index in [1.54, 1.807) is 0 Å². The van der Waals surface area contributed by atoms with Gasteiger partial charge in [0.25, 0.3) is 0 Å². The molecule has 2 aromatic carbocycles. The van der Waals surface area contributed by atoms with Gasteiger partial charge in [-0.25, -0.2) is 8.78 Å². The smallest absolute Gasteiger partial charge is 0.396 e. The number of hydrogen-bond donors (Lipinski definition) is 1. The van der Waals surface area contributed by atoms with Gasteiger partial charge in [-0.15, -0.1) is 0 Å². The van der Waals surface area contributed by atoms with Gasteiger partial charge in [-0.2, -0.15) is 13.2 Å². The monoisotopic (exact) mass is 301 g/mol. The molecule has 0 atom stereocenters. The molecule has 0 saturated heterocycles. The summed E-state index contributed by atoms with van der Waals surface area (Å²) in [5.74, 6) is -3.65. The standard InChI is InChI=1S/C14H8F5NO/c15-10-6-7(4-5-11(10)20)13(21)8-2-1-3-9(12(8)16)14(17,18)19/h1-6H,20H2. The lowest BCUT2D eigenvalue weighted by molar-refractivity contribution is -0.140. The molecule has 0 heterocycles. The molecule has 0 saturated carbocycles. The Morgan fingerprint density at radius 3 is 2.29 bits per heavy atom. The van der Waals surface area contributed by atoms with Crippen molar-refractivity contribution < 1.29 is 26.7 Å². The molecule has 0 fully saturated rings. The molecule has 21 heavy (non-hydrogen) atoms. The van der Waals surface area contributed by atoms with Gasteiger partial charge in [0.2, 0.25) is 0 Å². The fourth-order valence-corrected chi connectivity index (χ4v) is 1.75. The third kappa shape index (κ3) is 2.86. The van der Waals surface area contributed by atoms with Gasteiger partial charge in [-0.3, -0.25) is 4.79 Å². The zero-order valence-corrected chi connectivity index (χ0v) is 10.3. The number of hydrogen-bond acceptors (Lipinski definition) is 2. The summed E-state index contributed by atoms with van der Waals surface area (Å²) in [5.41, 5.74) is 2.38. The van der Waals surface area contributed by atoms with Crippen LogP contribution >= 0.6 is 0 Å².